The van der Waals surface area contributed by atoms with Crippen LogP contribution in [0.15, 0.2) is 54.3 Å². The normalized spacial score (nSPS) is 10.6. The van der Waals surface area contributed by atoms with Gasteiger partial charge in [0.05, 0.1) is 11.3 Å². The average molecular weight is 539 g/mol. The molecule has 0 bridgehead atoms. The number of fused-ring (bicyclic) bond motifs is 1. The van der Waals surface area contributed by atoms with Crippen molar-refractivity contribution in [3.8, 4) is 11.3 Å². The van der Waals surface area contributed by atoms with Crippen LogP contribution < -0.4 is 0 Å². The third-order valence-corrected chi connectivity index (χ3v) is 3.82. The Balaban J connectivity index is 0.000000395. The van der Waals surface area contributed by atoms with Crippen molar-refractivity contribution in [3.63, 3.8) is 0 Å². The summed E-state index contributed by atoms with van der Waals surface area (Å²) in [5, 5.41) is 9.59. The maximum absolute atomic E-state index is 10.0. The topological polar surface area (TPSA) is 50.2 Å². The van der Waals surface area contributed by atoms with E-state index in [0.717, 1.165) is 16.8 Å². The third-order valence-electron chi connectivity index (χ3n) is 3.82. The van der Waals surface area contributed by atoms with Crippen molar-refractivity contribution >= 4 is 16.7 Å². The van der Waals surface area contributed by atoms with E-state index in [1.807, 2.05) is 6.07 Å². The molecule has 2 aromatic carbocycles. The van der Waals surface area contributed by atoms with Gasteiger partial charge in [-0.2, -0.15) is 0 Å². The minimum Gasteiger partial charge on any atom is -0.512 e. The fraction of sp³-hybridized carbons (Fsp3) is 0.217. The number of hydrogen-bond donors (Lipinski definition) is 1. The fourth-order valence-electron chi connectivity index (χ4n) is 2.67. The van der Waals surface area contributed by atoms with Crippen LogP contribution >= 0.6 is 0 Å². The number of rotatable bonds is 2. The van der Waals surface area contributed by atoms with Gasteiger partial charge in [-0.1, -0.05) is 25.1 Å². The van der Waals surface area contributed by atoms with E-state index in [2.05, 4.69) is 63.2 Å². The molecule has 1 N–H and O–H groups in total. The van der Waals surface area contributed by atoms with E-state index in [1.54, 1.807) is 0 Å². The molecule has 27 heavy (non-hydrogen) atoms. The zero-order valence-electron chi connectivity index (χ0n) is 16.3. The number of benzene rings is 2. The number of aliphatic hydroxyl groups excluding tert-OH is 1. The number of ketones is 1. The monoisotopic (exact) mass is 539 g/mol. The predicted octanol–water partition coefficient (Wildman–Crippen LogP) is 5.66. The Labute approximate surface area is 174 Å². The summed E-state index contributed by atoms with van der Waals surface area (Å²) in [6.45, 7) is 9.18. The molecule has 143 valence electrons. The second kappa shape index (κ2) is 10.1. The fourth-order valence-corrected chi connectivity index (χ4v) is 2.67. The van der Waals surface area contributed by atoms with Crippen molar-refractivity contribution in [1.82, 2.24) is 4.98 Å². The van der Waals surface area contributed by atoms with Crippen molar-refractivity contribution in [3.05, 3.63) is 77.1 Å². The van der Waals surface area contributed by atoms with Gasteiger partial charge in [-0.3, -0.25) is 9.78 Å². The second-order valence-corrected chi connectivity index (χ2v) is 6.52. The van der Waals surface area contributed by atoms with Crippen LogP contribution in [0.5, 0.6) is 0 Å². The van der Waals surface area contributed by atoms with Gasteiger partial charge in [0.25, 0.3) is 0 Å². The van der Waals surface area contributed by atoms with Gasteiger partial charge >= 0.3 is 0 Å². The molecule has 0 unspecified atom stereocenters. The maximum Gasteiger partial charge on any atom is 0.155 e. The Morgan fingerprint density at radius 2 is 1.70 bits per heavy atom. The quantitative estimate of drug-likeness (QED) is 0.260. The van der Waals surface area contributed by atoms with E-state index in [0.29, 0.717) is 0 Å². The van der Waals surface area contributed by atoms with Gasteiger partial charge in [-0.05, 0) is 50.6 Å². The first-order chi connectivity index (χ1) is 12.3. The van der Waals surface area contributed by atoms with Crippen LogP contribution in [0.3, 0.4) is 0 Å². The van der Waals surface area contributed by atoms with Gasteiger partial charge in [0, 0.05) is 31.6 Å². The zero-order chi connectivity index (χ0) is 19.3. The van der Waals surface area contributed by atoms with Crippen molar-refractivity contribution in [2.45, 2.75) is 34.6 Å². The molecule has 0 aliphatic rings. The smallest absolute Gasteiger partial charge is 0.155 e. The van der Waals surface area contributed by atoms with Gasteiger partial charge < -0.3 is 5.11 Å². The predicted molar refractivity (Wildman–Crippen MR) is 107 cm³/mol. The summed E-state index contributed by atoms with van der Waals surface area (Å²) in [4.78, 5) is 14.8. The third kappa shape index (κ3) is 6.74. The first kappa shape index (κ1) is 22.7. The molecule has 0 aliphatic carbocycles. The minimum absolute atomic E-state index is 0. The number of hydrogen-bond acceptors (Lipinski definition) is 3. The van der Waals surface area contributed by atoms with Gasteiger partial charge in [0.1, 0.15) is 0 Å². The minimum atomic E-state index is -0.125. The number of pyridine rings is 1. The number of carbonyl (C=O) groups excluding carboxylic acids is 1. The molecule has 3 rings (SSSR count). The van der Waals surface area contributed by atoms with Crippen LogP contribution in [0, 0.1) is 26.8 Å². The number of aromatic nitrogens is 1. The first-order valence-electron chi connectivity index (χ1n) is 8.51. The summed E-state index contributed by atoms with van der Waals surface area (Å²) in [5.41, 5.74) is 6.85. The molecule has 0 saturated carbocycles. The van der Waals surface area contributed by atoms with Crippen LogP contribution in [-0.2, 0) is 24.9 Å². The molecule has 0 amide bonds. The van der Waals surface area contributed by atoms with Crippen LogP contribution in [0.4, 0.5) is 0 Å². The van der Waals surface area contributed by atoms with Crippen LogP contribution in [-0.4, -0.2) is 15.9 Å². The van der Waals surface area contributed by atoms with Crippen molar-refractivity contribution in [1.29, 1.82) is 0 Å². The van der Waals surface area contributed by atoms with Gasteiger partial charge in [0.15, 0.2) is 5.78 Å². The Morgan fingerprint density at radius 3 is 2.26 bits per heavy atom. The number of aryl methyl sites for hydroxylation is 3. The molecule has 1 heterocycles. The molecule has 0 atom stereocenters. The van der Waals surface area contributed by atoms with Crippen molar-refractivity contribution in [2.75, 3.05) is 0 Å². The zero-order valence-corrected chi connectivity index (χ0v) is 18.6. The van der Waals surface area contributed by atoms with Gasteiger partial charge in [-0.15, -0.1) is 35.4 Å². The summed E-state index contributed by atoms with van der Waals surface area (Å²) >= 11 is 0. The molecule has 1 radical (unpaired) electrons. The van der Waals surface area contributed by atoms with Crippen LogP contribution in [0.1, 0.15) is 30.5 Å². The molecule has 3 nitrogen and oxygen atoms in total. The second-order valence-electron chi connectivity index (χ2n) is 6.52. The van der Waals surface area contributed by atoms with E-state index < -0.39 is 0 Å². The number of allylic oxidation sites excluding steroid dienone is 2. The van der Waals surface area contributed by atoms with E-state index in [4.69, 9.17) is 10.1 Å². The Kier molecular flexibility index (Phi) is 8.55. The first-order valence-corrected chi connectivity index (χ1v) is 8.51. The van der Waals surface area contributed by atoms with Crippen LogP contribution in [0.25, 0.3) is 22.2 Å². The van der Waals surface area contributed by atoms with Crippen LogP contribution in [0.2, 0.25) is 0 Å². The standard InChI is InChI=1S/C18H16N.C5H8O2.Ir/c1-12-5-4-6-15(9-12)17-11-14(3)16-8-7-13(2)10-18(16)19-17;1-4(6)3-5(2)7;/h4-5,7-11H,1-3H3;3,6H,1-2H3;/q-1;;/b;4-3-;. The Hall–Kier alpha value is -2.29. The molecule has 0 saturated heterocycles. The number of carbonyl (C=O) groups is 1. The maximum atomic E-state index is 10.0. The van der Waals surface area contributed by atoms with E-state index in [-0.39, 0.29) is 31.6 Å². The molecular formula is C23H24IrNO2-. The largest absolute Gasteiger partial charge is 0.512 e. The van der Waals surface area contributed by atoms with E-state index in [9.17, 15) is 4.79 Å². The Morgan fingerprint density at radius 1 is 1.04 bits per heavy atom. The number of aliphatic hydroxyl groups is 1. The Bertz CT molecular complexity index is 973. The SMILES string of the molecule is CC(=O)/C=C(/C)O.Cc1cc[c-]c(-c2cc(C)c3ccc(C)cc3n2)c1.[Ir]. The van der Waals surface area contributed by atoms with Crippen molar-refractivity contribution < 1.29 is 30.0 Å². The summed E-state index contributed by atoms with van der Waals surface area (Å²) < 4.78 is 0. The van der Waals surface area contributed by atoms with E-state index in [1.165, 1.54) is 42.0 Å². The summed E-state index contributed by atoms with van der Waals surface area (Å²) in [6, 6.07) is 18.0. The summed E-state index contributed by atoms with van der Waals surface area (Å²) in [7, 11) is 0. The molecule has 4 heteroatoms. The molecule has 0 aliphatic heterocycles. The van der Waals surface area contributed by atoms with Gasteiger partial charge in [0.2, 0.25) is 0 Å². The molecule has 1 aromatic heterocycles. The molecule has 3 aromatic rings. The molecule has 0 spiro atoms. The average Bonchev–Trinajstić information content (AvgIpc) is 2.53. The van der Waals surface area contributed by atoms with Gasteiger partial charge in [-0.25, -0.2) is 0 Å². The molecule has 0 fully saturated rings. The summed E-state index contributed by atoms with van der Waals surface area (Å²) in [6.07, 6.45) is 1.17. The number of nitrogens with zero attached hydrogens (tertiary/aromatic N) is 1. The van der Waals surface area contributed by atoms with Crippen molar-refractivity contribution in [2.24, 2.45) is 0 Å². The summed E-state index contributed by atoms with van der Waals surface area (Å²) in [5.74, 6) is -0.0625. The molecular weight excluding hydrogens is 514 g/mol. The van der Waals surface area contributed by atoms with E-state index >= 15 is 0 Å².